The molecule has 0 aliphatic heterocycles. The summed E-state index contributed by atoms with van der Waals surface area (Å²) in [5.41, 5.74) is 0. The van der Waals surface area contributed by atoms with Crippen LogP contribution in [-0.2, 0) is 0 Å². The Balaban J connectivity index is 2.09. The zero-order valence-electron chi connectivity index (χ0n) is 8.61. The predicted octanol–water partition coefficient (Wildman–Crippen LogP) is 1.59. The van der Waals surface area contributed by atoms with Crippen LogP contribution in [0.2, 0.25) is 5.15 Å². The van der Waals surface area contributed by atoms with Gasteiger partial charge in [0.05, 0.1) is 0 Å². The molecule has 0 saturated carbocycles. The topological polar surface area (TPSA) is 87.1 Å². The van der Waals surface area contributed by atoms with Gasteiger partial charge in [0, 0.05) is 19.2 Å². The molecule has 0 radical (unpaired) electrons. The van der Waals surface area contributed by atoms with Crippen molar-refractivity contribution in [3.63, 3.8) is 0 Å². The van der Waals surface area contributed by atoms with Gasteiger partial charge in [0.1, 0.15) is 17.3 Å². The summed E-state index contributed by atoms with van der Waals surface area (Å²) in [7, 11) is 0. The molecule has 0 atom stereocenters. The van der Waals surface area contributed by atoms with E-state index in [0.29, 0.717) is 24.1 Å². The molecule has 1 amide bonds. The first-order valence-corrected chi connectivity index (χ1v) is 5.24. The van der Waals surface area contributed by atoms with E-state index in [1.165, 1.54) is 6.33 Å². The molecule has 0 unspecified atom stereocenters. The Bertz CT molecular complexity index is 348. The summed E-state index contributed by atoms with van der Waals surface area (Å²) in [4.78, 5) is 17.9. The van der Waals surface area contributed by atoms with E-state index in [1.54, 1.807) is 6.07 Å². The number of rotatable bonds is 6. The Morgan fingerprint density at radius 1 is 1.38 bits per heavy atom. The molecule has 1 aromatic heterocycles. The van der Waals surface area contributed by atoms with Crippen molar-refractivity contribution in [2.45, 2.75) is 12.8 Å². The number of nitrogens with zero attached hydrogens (tertiary/aromatic N) is 2. The summed E-state index contributed by atoms with van der Waals surface area (Å²) in [6.07, 6.45) is 2.02. The lowest BCUT2D eigenvalue weighted by Crippen LogP contribution is -2.22. The number of carboxylic acid groups (broad SMARTS) is 1. The number of nitrogens with one attached hydrogen (secondary N) is 2. The van der Waals surface area contributed by atoms with Crippen LogP contribution in [0.5, 0.6) is 0 Å². The van der Waals surface area contributed by atoms with Crippen molar-refractivity contribution in [1.82, 2.24) is 15.3 Å². The minimum atomic E-state index is -0.990. The standard InChI is InChI=1S/C9H13ClN4O2/c10-7-5-8(14-6-13-7)11-3-1-2-4-12-9(15)16/h5-6,12H,1-4H2,(H,15,16)(H,11,13,14). The molecule has 1 aromatic rings. The van der Waals surface area contributed by atoms with Crippen LogP contribution in [0.4, 0.5) is 10.6 Å². The lowest BCUT2D eigenvalue weighted by Gasteiger charge is -2.05. The summed E-state index contributed by atoms with van der Waals surface area (Å²) >= 11 is 5.68. The molecule has 1 rings (SSSR count). The van der Waals surface area contributed by atoms with Crippen LogP contribution in [0.25, 0.3) is 0 Å². The van der Waals surface area contributed by atoms with Gasteiger partial charge in [0.15, 0.2) is 0 Å². The Morgan fingerprint density at radius 3 is 2.81 bits per heavy atom. The van der Waals surface area contributed by atoms with E-state index in [9.17, 15) is 4.79 Å². The molecular formula is C9H13ClN4O2. The third-order valence-corrected chi connectivity index (χ3v) is 2.03. The van der Waals surface area contributed by atoms with Crippen molar-refractivity contribution in [2.24, 2.45) is 0 Å². The summed E-state index contributed by atoms with van der Waals surface area (Å²) in [6.45, 7) is 1.18. The largest absolute Gasteiger partial charge is 0.465 e. The molecular weight excluding hydrogens is 232 g/mol. The maximum atomic E-state index is 10.1. The predicted molar refractivity (Wildman–Crippen MR) is 60.8 cm³/mol. The zero-order valence-corrected chi connectivity index (χ0v) is 9.37. The highest BCUT2D eigenvalue weighted by Crippen LogP contribution is 2.08. The average molecular weight is 245 g/mol. The lowest BCUT2D eigenvalue weighted by atomic mass is 10.3. The van der Waals surface area contributed by atoms with E-state index in [4.69, 9.17) is 16.7 Å². The quantitative estimate of drug-likeness (QED) is 0.523. The van der Waals surface area contributed by atoms with Gasteiger partial charge in [-0.25, -0.2) is 14.8 Å². The second-order valence-electron chi connectivity index (χ2n) is 3.09. The van der Waals surface area contributed by atoms with E-state index >= 15 is 0 Å². The molecule has 16 heavy (non-hydrogen) atoms. The Morgan fingerprint density at radius 2 is 2.12 bits per heavy atom. The fourth-order valence-electron chi connectivity index (χ4n) is 1.09. The third kappa shape index (κ3) is 5.35. The number of aromatic nitrogens is 2. The number of anilines is 1. The van der Waals surface area contributed by atoms with Gasteiger partial charge in [-0.15, -0.1) is 0 Å². The first kappa shape index (κ1) is 12.5. The van der Waals surface area contributed by atoms with Gasteiger partial charge in [-0.1, -0.05) is 11.6 Å². The fraction of sp³-hybridized carbons (Fsp3) is 0.444. The van der Waals surface area contributed by atoms with Crippen molar-refractivity contribution in [2.75, 3.05) is 18.4 Å². The Kier molecular flexibility index (Phi) is 5.35. The maximum Gasteiger partial charge on any atom is 0.404 e. The van der Waals surface area contributed by atoms with Crippen molar-refractivity contribution in [1.29, 1.82) is 0 Å². The number of halogens is 1. The molecule has 88 valence electrons. The highest BCUT2D eigenvalue weighted by molar-refractivity contribution is 6.29. The van der Waals surface area contributed by atoms with E-state index in [1.807, 2.05) is 0 Å². The van der Waals surface area contributed by atoms with Crippen LogP contribution in [0.3, 0.4) is 0 Å². The van der Waals surface area contributed by atoms with Crippen molar-refractivity contribution in [3.8, 4) is 0 Å². The van der Waals surface area contributed by atoms with Crippen LogP contribution in [0.15, 0.2) is 12.4 Å². The summed E-state index contributed by atoms with van der Waals surface area (Å²) in [6, 6.07) is 1.64. The number of amides is 1. The van der Waals surface area contributed by atoms with Gasteiger partial charge in [-0.2, -0.15) is 0 Å². The monoisotopic (exact) mass is 244 g/mol. The Hall–Kier alpha value is -1.56. The van der Waals surface area contributed by atoms with Gasteiger partial charge in [0.2, 0.25) is 0 Å². The van der Waals surface area contributed by atoms with E-state index in [0.717, 1.165) is 12.8 Å². The second-order valence-corrected chi connectivity index (χ2v) is 3.48. The molecule has 0 aliphatic rings. The van der Waals surface area contributed by atoms with Gasteiger partial charge in [0.25, 0.3) is 0 Å². The number of hydrogen-bond donors (Lipinski definition) is 3. The molecule has 0 spiro atoms. The van der Waals surface area contributed by atoms with E-state index in [2.05, 4.69) is 20.6 Å². The van der Waals surface area contributed by atoms with Crippen molar-refractivity contribution >= 4 is 23.5 Å². The summed E-state index contributed by atoms with van der Waals surface area (Å²) in [5, 5.41) is 14.1. The van der Waals surface area contributed by atoms with Gasteiger partial charge in [-0.05, 0) is 12.8 Å². The lowest BCUT2D eigenvalue weighted by molar-refractivity contribution is 0.194. The molecule has 0 aliphatic carbocycles. The van der Waals surface area contributed by atoms with Gasteiger partial charge in [-0.3, -0.25) is 0 Å². The molecule has 7 heteroatoms. The minimum absolute atomic E-state index is 0.394. The third-order valence-electron chi connectivity index (χ3n) is 1.82. The van der Waals surface area contributed by atoms with Crippen molar-refractivity contribution < 1.29 is 9.90 Å². The SMILES string of the molecule is O=C(O)NCCCCNc1cc(Cl)ncn1. The van der Waals surface area contributed by atoms with Crippen LogP contribution >= 0.6 is 11.6 Å². The highest BCUT2D eigenvalue weighted by Gasteiger charge is 1.96. The number of unbranched alkanes of at least 4 members (excludes halogenated alkanes) is 1. The average Bonchev–Trinajstić information content (AvgIpc) is 2.23. The molecule has 1 heterocycles. The molecule has 0 aromatic carbocycles. The second kappa shape index (κ2) is 6.84. The van der Waals surface area contributed by atoms with Crippen LogP contribution in [0.1, 0.15) is 12.8 Å². The normalized spacial score (nSPS) is 9.81. The first-order chi connectivity index (χ1) is 7.68. The maximum absolute atomic E-state index is 10.1. The number of hydrogen-bond acceptors (Lipinski definition) is 4. The van der Waals surface area contributed by atoms with Crippen LogP contribution in [-0.4, -0.2) is 34.3 Å². The van der Waals surface area contributed by atoms with E-state index < -0.39 is 6.09 Å². The summed E-state index contributed by atoms with van der Waals surface area (Å²) < 4.78 is 0. The van der Waals surface area contributed by atoms with Gasteiger partial charge >= 0.3 is 6.09 Å². The minimum Gasteiger partial charge on any atom is -0.465 e. The van der Waals surface area contributed by atoms with Crippen molar-refractivity contribution in [3.05, 3.63) is 17.5 Å². The summed E-state index contributed by atoms with van der Waals surface area (Å²) in [5.74, 6) is 0.672. The molecule has 3 N–H and O–H groups in total. The Labute approximate surface area is 98.1 Å². The van der Waals surface area contributed by atoms with Crippen LogP contribution in [0, 0.1) is 0 Å². The van der Waals surface area contributed by atoms with Crippen LogP contribution < -0.4 is 10.6 Å². The molecule has 0 saturated heterocycles. The smallest absolute Gasteiger partial charge is 0.404 e. The fourth-order valence-corrected chi connectivity index (χ4v) is 1.24. The zero-order chi connectivity index (χ0) is 11.8. The number of carbonyl (C=O) groups is 1. The molecule has 6 nitrogen and oxygen atoms in total. The first-order valence-electron chi connectivity index (χ1n) is 4.86. The molecule has 0 bridgehead atoms. The van der Waals surface area contributed by atoms with Gasteiger partial charge < -0.3 is 15.7 Å². The molecule has 0 fully saturated rings. The van der Waals surface area contributed by atoms with E-state index in [-0.39, 0.29) is 0 Å². The highest BCUT2D eigenvalue weighted by atomic mass is 35.5.